The average Bonchev–Trinajstić information content (AvgIpc) is 3.28. The maximum absolute atomic E-state index is 12.7. The van der Waals surface area contributed by atoms with Crippen LogP contribution < -0.4 is 10.9 Å². The Kier molecular flexibility index (Phi) is 5.10. The van der Waals surface area contributed by atoms with Crippen molar-refractivity contribution in [3.05, 3.63) is 62.2 Å². The molecule has 4 rings (SSSR count). The van der Waals surface area contributed by atoms with Crippen molar-refractivity contribution in [2.45, 2.75) is 13.3 Å². The number of fused-ring (bicyclic) bond motifs is 1. The van der Waals surface area contributed by atoms with E-state index in [9.17, 15) is 19.5 Å². The number of rotatable bonds is 5. The number of nitrogens with zero attached hydrogens (tertiary/aromatic N) is 1. The first-order valence-electron chi connectivity index (χ1n) is 8.76. The zero-order valence-corrected chi connectivity index (χ0v) is 17.2. The van der Waals surface area contributed by atoms with E-state index in [-0.39, 0.29) is 18.2 Å². The van der Waals surface area contributed by atoms with E-state index in [0.717, 1.165) is 20.5 Å². The van der Waals surface area contributed by atoms with Gasteiger partial charge in [0.2, 0.25) is 11.7 Å². The van der Waals surface area contributed by atoms with Gasteiger partial charge in [-0.3, -0.25) is 9.59 Å². The maximum atomic E-state index is 12.7. The Labute approximate surface area is 177 Å². The monoisotopic (exact) mass is 441 g/mol. The number of H-pyrrole nitrogens is 1. The molecule has 0 radical (unpaired) electrons. The van der Waals surface area contributed by atoms with Gasteiger partial charge in [0.05, 0.1) is 17.0 Å². The molecule has 1 amide bonds. The molecule has 152 valence electrons. The molecule has 0 saturated heterocycles. The highest BCUT2D eigenvalue weighted by Crippen LogP contribution is 2.33. The van der Waals surface area contributed by atoms with E-state index in [1.807, 2.05) is 31.2 Å². The van der Waals surface area contributed by atoms with Crippen LogP contribution in [0.1, 0.15) is 20.9 Å². The summed E-state index contributed by atoms with van der Waals surface area (Å²) in [4.78, 5) is 43.3. The van der Waals surface area contributed by atoms with E-state index < -0.39 is 23.0 Å². The summed E-state index contributed by atoms with van der Waals surface area (Å²) in [6.07, 6.45) is 0.181. The average molecular weight is 441 g/mol. The van der Waals surface area contributed by atoms with Crippen LogP contribution in [0.4, 0.5) is 5.69 Å². The molecule has 4 N–H and O–H groups in total. The van der Waals surface area contributed by atoms with E-state index in [1.165, 1.54) is 11.3 Å². The minimum absolute atomic E-state index is 0.0430. The Morgan fingerprint density at radius 2 is 2.00 bits per heavy atom. The molecule has 0 fully saturated rings. The van der Waals surface area contributed by atoms with E-state index >= 15 is 0 Å². The molecule has 3 heterocycles. The highest BCUT2D eigenvalue weighted by atomic mass is 32.1. The molecule has 0 aliphatic heterocycles. The van der Waals surface area contributed by atoms with Gasteiger partial charge in [-0.1, -0.05) is 18.2 Å². The largest absolute Gasteiger partial charge is 0.501 e. The number of carboxylic acid groups (broad SMARTS) is 1. The fraction of sp³-hybridized carbons (Fsp3) is 0.100. The third kappa shape index (κ3) is 3.58. The number of carbonyl (C=O) groups is 2. The second kappa shape index (κ2) is 7.73. The molecule has 8 nitrogen and oxygen atoms in total. The molecule has 3 aromatic heterocycles. The summed E-state index contributed by atoms with van der Waals surface area (Å²) >= 11 is 2.74. The van der Waals surface area contributed by atoms with Crippen LogP contribution in [0.15, 0.2) is 40.5 Å². The van der Waals surface area contributed by atoms with Gasteiger partial charge in [-0.05, 0) is 35.4 Å². The van der Waals surface area contributed by atoms with Crippen LogP contribution in [0.2, 0.25) is 0 Å². The minimum atomic E-state index is -1.53. The first kappa shape index (κ1) is 19.8. The number of anilines is 1. The highest BCUT2D eigenvalue weighted by Gasteiger charge is 2.20. The second-order valence-corrected chi connectivity index (χ2v) is 8.50. The third-order valence-corrected chi connectivity index (χ3v) is 6.71. The van der Waals surface area contributed by atoms with Crippen molar-refractivity contribution in [3.63, 3.8) is 0 Å². The number of thiophene rings is 2. The van der Waals surface area contributed by atoms with Crippen LogP contribution in [0.5, 0.6) is 5.75 Å². The number of nitrogens with one attached hydrogen (secondary N) is 2. The van der Waals surface area contributed by atoms with Gasteiger partial charge in [-0.15, -0.1) is 22.7 Å². The predicted octanol–water partition coefficient (Wildman–Crippen LogP) is 3.61. The minimum Gasteiger partial charge on any atom is -0.501 e. The zero-order valence-electron chi connectivity index (χ0n) is 15.6. The number of amides is 1. The van der Waals surface area contributed by atoms with Crippen LogP contribution in [-0.2, 0) is 11.2 Å². The molecule has 1 aromatic carbocycles. The third-order valence-electron chi connectivity index (χ3n) is 4.52. The number of carboxylic acids is 1. The van der Waals surface area contributed by atoms with Crippen molar-refractivity contribution in [2.75, 3.05) is 5.32 Å². The number of aromatic carboxylic acids is 1. The lowest BCUT2D eigenvalue weighted by molar-refractivity contribution is -0.115. The van der Waals surface area contributed by atoms with Crippen LogP contribution >= 0.6 is 22.7 Å². The molecule has 0 atom stereocenters. The van der Waals surface area contributed by atoms with Gasteiger partial charge in [0.15, 0.2) is 11.5 Å². The van der Waals surface area contributed by atoms with Crippen molar-refractivity contribution >= 4 is 50.3 Å². The quantitative estimate of drug-likeness (QED) is 0.374. The lowest BCUT2D eigenvalue weighted by Crippen LogP contribution is -2.16. The maximum Gasteiger partial charge on any atom is 0.358 e. The van der Waals surface area contributed by atoms with Crippen LogP contribution in [-0.4, -0.2) is 32.1 Å². The topological polar surface area (TPSA) is 132 Å². The normalized spacial score (nSPS) is 11.0. The first-order chi connectivity index (χ1) is 14.3. The molecule has 0 unspecified atom stereocenters. The lowest BCUT2D eigenvalue weighted by Gasteiger charge is -2.07. The summed E-state index contributed by atoms with van der Waals surface area (Å²) in [5.74, 6) is -2.78. The van der Waals surface area contributed by atoms with Gasteiger partial charge in [0.1, 0.15) is 0 Å². The van der Waals surface area contributed by atoms with Crippen LogP contribution in [0, 0.1) is 6.92 Å². The van der Waals surface area contributed by atoms with Crippen molar-refractivity contribution in [3.8, 4) is 16.5 Å². The van der Waals surface area contributed by atoms with E-state index in [4.69, 9.17) is 5.11 Å². The number of hydrogen-bond donors (Lipinski definition) is 4. The Balaban J connectivity index is 1.61. The number of benzene rings is 1. The predicted molar refractivity (Wildman–Crippen MR) is 116 cm³/mol. The molecule has 0 spiro atoms. The van der Waals surface area contributed by atoms with Gasteiger partial charge < -0.3 is 20.5 Å². The van der Waals surface area contributed by atoms with Gasteiger partial charge >= 0.3 is 5.97 Å². The van der Waals surface area contributed by atoms with Crippen molar-refractivity contribution in [1.29, 1.82) is 0 Å². The van der Waals surface area contributed by atoms with Crippen LogP contribution in [0.25, 0.3) is 20.8 Å². The molecule has 30 heavy (non-hydrogen) atoms. The summed E-state index contributed by atoms with van der Waals surface area (Å²) in [6.45, 7) is 1.98. The Bertz CT molecular complexity index is 1350. The fourth-order valence-corrected chi connectivity index (χ4v) is 5.05. The molecule has 10 heteroatoms. The van der Waals surface area contributed by atoms with E-state index in [0.29, 0.717) is 10.6 Å². The van der Waals surface area contributed by atoms with E-state index in [2.05, 4.69) is 15.3 Å². The lowest BCUT2D eigenvalue weighted by atomic mass is 10.1. The van der Waals surface area contributed by atoms with Gasteiger partial charge in [-0.25, -0.2) is 9.78 Å². The zero-order chi connectivity index (χ0) is 21.4. The number of aromatic nitrogens is 2. The SMILES string of the molecule is Cc1c(CC(=O)Nc2ccsc2-c2nc(C(=O)O)c(O)c(=O)[nH]2)sc2ccccc12. The number of aromatic amines is 1. The summed E-state index contributed by atoms with van der Waals surface area (Å²) in [5, 5.41) is 24.3. The Hall–Kier alpha value is -3.50. The molecule has 4 aromatic rings. The molecule has 0 aliphatic rings. The van der Waals surface area contributed by atoms with E-state index in [1.54, 1.807) is 22.8 Å². The summed E-state index contributed by atoms with van der Waals surface area (Å²) < 4.78 is 1.11. The molecule has 0 saturated carbocycles. The second-order valence-electron chi connectivity index (χ2n) is 6.45. The highest BCUT2D eigenvalue weighted by molar-refractivity contribution is 7.19. The smallest absolute Gasteiger partial charge is 0.358 e. The molecule has 0 bridgehead atoms. The van der Waals surface area contributed by atoms with Crippen molar-refractivity contribution in [1.82, 2.24) is 9.97 Å². The van der Waals surface area contributed by atoms with Crippen molar-refractivity contribution in [2.24, 2.45) is 0 Å². The number of aryl methyl sites for hydroxylation is 1. The first-order valence-corrected chi connectivity index (χ1v) is 10.5. The Morgan fingerprint density at radius 3 is 2.73 bits per heavy atom. The summed E-state index contributed by atoms with van der Waals surface area (Å²) in [6, 6.07) is 9.59. The molecular weight excluding hydrogens is 426 g/mol. The molecule has 0 aliphatic carbocycles. The summed E-state index contributed by atoms with van der Waals surface area (Å²) in [7, 11) is 0. The fourth-order valence-electron chi connectivity index (χ4n) is 3.05. The Morgan fingerprint density at radius 1 is 1.23 bits per heavy atom. The van der Waals surface area contributed by atoms with Crippen molar-refractivity contribution < 1.29 is 19.8 Å². The number of carbonyl (C=O) groups excluding carboxylic acids is 1. The van der Waals surface area contributed by atoms with Gasteiger partial charge in [0.25, 0.3) is 5.56 Å². The standard InChI is InChI=1S/C20H15N3O5S2/c1-9-10-4-2-3-5-12(10)30-13(9)8-14(24)21-11-6-7-29-17(11)18-22-15(20(27)28)16(25)19(26)23-18/h2-7,25H,8H2,1H3,(H,21,24)(H,27,28)(H,22,23,26). The van der Waals surface area contributed by atoms with Gasteiger partial charge in [0, 0.05) is 9.58 Å². The van der Waals surface area contributed by atoms with Crippen LogP contribution in [0.3, 0.4) is 0 Å². The molecular formula is C20H15N3O5S2. The number of aromatic hydroxyl groups is 1. The summed E-state index contributed by atoms with van der Waals surface area (Å²) in [5.41, 5.74) is -0.259. The van der Waals surface area contributed by atoms with Gasteiger partial charge in [-0.2, -0.15) is 0 Å². The number of hydrogen-bond acceptors (Lipinski definition) is 7.